The standard InChI is InChI=1S/C14H17N5O2/c1-9-4-3-5-10(2)19(9)14(20)13-17-12(18-21-13)11-8-15-6-7-16-11/h6-10H,3-5H2,1-2H3/t9-,10+. The fourth-order valence-corrected chi connectivity index (χ4v) is 2.76. The first-order valence-corrected chi connectivity index (χ1v) is 7.09. The summed E-state index contributed by atoms with van der Waals surface area (Å²) in [5, 5.41) is 3.82. The zero-order chi connectivity index (χ0) is 14.8. The van der Waals surface area contributed by atoms with E-state index in [1.807, 2.05) is 18.7 Å². The molecular weight excluding hydrogens is 270 g/mol. The molecule has 0 radical (unpaired) electrons. The van der Waals surface area contributed by atoms with Gasteiger partial charge in [-0.05, 0) is 33.1 Å². The Morgan fingerprint density at radius 1 is 1.29 bits per heavy atom. The molecule has 3 heterocycles. The highest BCUT2D eigenvalue weighted by atomic mass is 16.5. The van der Waals surface area contributed by atoms with Crippen LogP contribution in [0.1, 0.15) is 43.8 Å². The van der Waals surface area contributed by atoms with Gasteiger partial charge in [0.05, 0.1) is 6.20 Å². The van der Waals surface area contributed by atoms with Gasteiger partial charge in [-0.25, -0.2) is 4.98 Å². The molecule has 2 aromatic heterocycles. The van der Waals surface area contributed by atoms with Crippen molar-refractivity contribution in [2.24, 2.45) is 0 Å². The lowest BCUT2D eigenvalue weighted by atomic mass is 9.97. The molecule has 1 aliphatic heterocycles. The van der Waals surface area contributed by atoms with Crippen LogP contribution in [0.25, 0.3) is 11.5 Å². The summed E-state index contributed by atoms with van der Waals surface area (Å²) in [6, 6.07) is 0.376. The molecule has 7 heteroatoms. The molecule has 0 bridgehead atoms. The van der Waals surface area contributed by atoms with Gasteiger partial charge in [-0.1, -0.05) is 5.16 Å². The Bertz CT molecular complexity index is 617. The fraction of sp³-hybridized carbons (Fsp3) is 0.500. The second-order valence-corrected chi connectivity index (χ2v) is 5.36. The maximum atomic E-state index is 12.6. The molecule has 1 fully saturated rings. The lowest BCUT2D eigenvalue weighted by molar-refractivity contribution is 0.0461. The van der Waals surface area contributed by atoms with Gasteiger partial charge >= 0.3 is 11.8 Å². The fourth-order valence-electron chi connectivity index (χ4n) is 2.76. The monoisotopic (exact) mass is 287 g/mol. The van der Waals surface area contributed by atoms with Gasteiger partial charge in [-0.2, -0.15) is 4.98 Å². The minimum absolute atomic E-state index is 0.0104. The normalized spacial score (nSPS) is 22.3. The molecule has 7 nitrogen and oxygen atoms in total. The maximum Gasteiger partial charge on any atom is 0.316 e. The number of carbonyl (C=O) groups is 1. The van der Waals surface area contributed by atoms with Crippen LogP contribution in [0.2, 0.25) is 0 Å². The number of carbonyl (C=O) groups excluding carboxylic acids is 1. The Labute approximate surface area is 122 Å². The maximum absolute atomic E-state index is 12.6. The highest BCUT2D eigenvalue weighted by Gasteiger charge is 2.32. The van der Waals surface area contributed by atoms with Crippen molar-refractivity contribution in [3.8, 4) is 11.5 Å². The first kappa shape index (κ1) is 13.7. The van der Waals surface area contributed by atoms with Crippen molar-refractivity contribution < 1.29 is 9.32 Å². The number of piperidine rings is 1. The number of hydrogen-bond donors (Lipinski definition) is 0. The van der Waals surface area contributed by atoms with Crippen LogP contribution >= 0.6 is 0 Å². The first-order valence-electron chi connectivity index (χ1n) is 7.09. The molecule has 0 N–H and O–H groups in total. The minimum atomic E-state index is -0.211. The third-order valence-corrected chi connectivity index (χ3v) is 3.83. The molecule has 2 atom stereocenters. The minimum Gasteiger partial charge on any atom is -0.329 e. The number of rotatable bonds is 2. The molecule has 110 valence electrons. The van der Waals surface area contributed by atoms with E-state index < -0.39 is 0 Å². The Hall–Kier alpha value is -2.31. The molecule has 2 aromatic rings. The summed E-state index contributed by atoms with van der Waals surface area (Å²) in [6.07, 6.45) is 7.78. The molecule has 21 heavy (non-hydrogen) atoms. The molecule has 1 saturated heterocycles. The van der Waals surface area contributed by atoms with Crippen LogP contribution in [-0.4, -0.2) is 43.0 Å². The Morgan fingerprint density at radius 3 is 2.71 bits per heavy atom. The zero-order valence-electron chi connectivity index (χ0n) is 12.1. The molecule has 1 amide bonds. The van der Waals surface area contributed by atoms with E-state index >= 15 is 0 Å². The summed E-state index contributed by atoms with van der Waals surface area (Å²) in [7, 11) is 0. The Balaban J connectivity index is 1.84. The van der Waals surface area contributed by atoms with Gasteiger partial charge in [0, 0.05) is 24.5 Å². The molecule has 0 unspecified atom stereocenters. The van der Waals surface area contributed by atoms with Crippen LogP contribution in [0.15, 0.2) is 23.1 Å². The highest BCUT2D eigenvalue weighted by Crippen LogP contribution is 2.24. The van der Waals surface area contributed by atoms with Crippen LogP contribution in [-0.2, 0) is 0 Å². The summed E-state index contributed by atoms with van der Waals surface area (Å²) >= 11 is 0. The number of hydrogen-bond acceptors (Lipinski definition) is 6. The van der Waals surface area contributed by atoms with E-state index in [2.05, 4.69) is 20.1 Å². The van der Waals surface area contributed by atoms with E-state index in [1.54, 1.807) is 12.4 Å². The van der Waals surface area contributed by atoms with E-state index in [9.17, 15) is 4.79 Å². The van der Waals surface area contributed by atoms with Crippen LogP contribution < -0.4 is 0 Å². The van der Waals surface area contributed by atoms with Crippen LogP contribution in [0.3, 0.4) is 0 Å². The largest absolute Gasteiger partial charge is 0.329 e. The summed E-state index contributed by atoms with van der Waals surface area (Å²) in [6.45, 7) is 4.10. The number of nitrogens with zero attached hydrogens (tertiary/aromatic N) is 5. The third-order valence-electron chi connectivity index (χ3n) is 3.83. The van der Waals surface area contributed by atoms with Crippen LogP contribution in [0.5, 0.6) is 0 Å². The molecule has 0 spiro atoms. The van der Waals surface area contributed by atoms with E-state index in [1.165, 1.54) is 6.20 Å². The average Bonchev–Trinajstić information content (AvgIpc) is 2.97. The van der Waals surface area contributed by atoms with Crippen molar-refractivity contribution in [3.05, 3.63) is 24.5 Å². The summed E-state index contributed by atoms with van der Waals surface area (Å²) in [5.41, 5.74) is 0.486. The van der Waals surface area contributed by atoms with Gasteiger partial charge < -0.3 is 9.42 Å². The van der Waals surface area contributed by atoms with Crippen molar-refractivity contribution >= 4 is 5.91 Å². The topological polar surface area (TPSA) is 85.0 Å². The van der Waals surface area contributed by atoms with Gasteiger partial charge in [0.15, 0.2) is 0 Å². The van der Waals surface area contributed by atoms with Crippen LogP contribution in [0, 0.1) is 0 Å². The van der Waals surface area contributed by atoms with Gasteiger partial charge in [-0.3, -0.25) is 9.78 Å². The van der Waals surface area contributed by atoms with Gasteiger partial charge in [0.25, 0.3) is 0 Å². The van der Waals surface area contributed by atoms with Gasteiger partial charge in [0.1, 0.15) is 5.69 Å². The predicted octanol–water partition coefficient (Wildman–Crippen LogP) is 1.93. The summed E-state index contributed by atoms with van der Waals surface area (Å²) in [4.78, 5) is 26.6. The Morgan fingerprint density at radius 2 is 2.05 bits per heavy atom. The number of amides is 1. The lowest BCUT2D eigenvalue weighted by Crippen LogP contribution is -2.47. The molecule has 0 aromatic carbocycles. The van der Waals surface area contributed by atoms with E-state index in [0.717, 1.165) is 19.3 Å². The molecule has 0 saturated carbocycles. The Kier molecular flexibility index (Phi) is 3.64. The lowest BCUT2D eigenvalue weighted by Gasteiger charge is -2.38. The van der Waals surface area contributed by atoms with E-state index in [0.29, 0.717) is 5.69 Å². The third kappa shape index (κ3) is 2.63. The molecular formula is C14H17N5O2. The first-order chi connectivity index (χ1) is 10.2. The number of aromatic nitrogens is 4. The number of likely N-dealkylation sites (tertiary alicyclic amines) is 1. The van der Waals surface area contributed by atoms with Crippen molar-refractivity contribution in [2.75, 3.05) is 0 Å². The van der Waals surface area contributed by atoms with E-state index in [-0.39, 0.29) is 29.7 Å². The van der Waals surface area contributed by atoms with Crippen molar-refractivity contribution in [2.45, 2.75) is 45.2 Å². The summed E-state index contributed by atoms with van der Waals surface area (Å²) in [5.74, 6) is 0.0809. The smallest absolute Gasteiger partial charge is 0.316 e. The van der Waals surface area contributed by atoms with Crippen molar-refractivity contribution in [1.82, 2.24) is 25.0 Å². The van der Waals surface area contributed by atoms with Gasteiger partial charge in [-0.15, -0.1) is 0 Å². The zero-order valence-corrected chi connectivity index (χ0v) is 12.1. The molecule has 3 rings (SSSR count). The highest BCUT2D eigenvalue weighted by molar-refractivity contribution is 5.90. The van der Waals surface area contributed by atoms with Crippen molar-refractivity contribution in [1.29, 1.82) is 0 Å². The molecule has 1 aliphatic rings. The quantitative estimate of drug-likeness (QED) is 0.839. The average molecular weight is 287 g/mol. The predicted molar refractivity (Wildman–Crippen MR) is 74.3 cm³/mol. The molecule has 0 aliphatic carbocycles. The van der Waals surface area contributed by atoms with Crippen LogP contribution in [0.4, 0.5) is 0 Å². The second-order valence-electron chi connectivity index (χ2n) is 5.36. The van der Waals surface area contributed by atoms with Crippen molar-refractivity contribution in [3.63, 3.8) is 0 Å². The van der Waals surface area contributed by atoms with Gasteiger partial charge in [0.2, 0.25) is 5.82 Å². The second kappa shape index (κ2) is 5.59. The summed E-state index contributed by atoms with van der Waals surface area (Å²) < 4.78 is 5.11. The van der Waals surface area contributed by atoms with E-state index in [4.69, 9.17) is 4.52 Å². The SMILES string of the molecule is C[C@@H]1CCC[C@H](C)N1C(=O)c1nc(-c2cnccn2)no1.